The minimum absolute atomic E-state index is 0. The molecular formula is C8H12ClNOS. The van der Waals surface area contributed by atoms with Gasteiger partial charge in [0.25, 0.3) is 0 Å². The third-order valence-electron chi connectivity index (χ3n) is 1.45. The zero-order valence-corrected chi connectivity index (χ0v) is 8.67. The first kappa shape index (κ1) is 11.6. The Kier molecular flexibility index (Phi) is 5.13. The molecule has 0 saturated heterocycles. The highest BCUT2D eigenvalue weighted by Crippen LogP contribution is 2.13. The van der Waals surface area contributed by atoms with Crippen molar-refractivity contribution in [2.24, 2.45) is 0 Å². The first-order valence-electron chi connectivity index (χ1n) is 3.35. The second-order valence-corrected chi connectivity index (χ2v) is 3.61. The molecule has 0 aliphatic rings. The van der Waals surface area contributed by atoms with Crippen molar-refractivity contribution in [3.05, 3.63) is 24.3 Å². The minimum atomic E-state index is -0.881. The molecule has 0 heterocycles. The van der Waals surface area contributed by atoms with Crippen molar-refractivity contribution in [1.29, 1.82) is 0 Å². The summed E-state index contributed by atoms with van der Waals surface area (Å²) in [6.07, 6.45) is 1.68. The van der Waals surface area contributed by atoms with Crippen molar-refractivity contribution in [1.82, 2.24) is 0 Å². The largest absolute Gasteiger partial charge is 0.612 e. The first-order chi connectivity index (χ1) is 5.24. The highest BCUT2D eigenvalue weighted by Gasteiger charge is 2.02. The first-order valence-corrected chi connectivity index (χ1v) is 4.91. The van der Waals surface area contributed by atoms with Gasteiger partial charge >= 0.3 is 0 Å². The fourth-order valence-electron chi connectivity index (χ4n) is 0.830. The molecule has 4 heteroatoms. The molecule has 1 aromatic carbocycles. The van der Waals surface area contributed by atoms with Gasteiger partial charge in [0.15, 0.2) is 4.90 Å². The molecule has 2 nitrogen and oxygen atoms in total. The standard InChI is InChI=1S/C8H11NOS.ClH/c1-9-7-4-3-5-8(6-7)11(2)10;/h3-6,9H,1-2H3;1H. The molecule has 0 aliphatic carbocycles. The van der Waals surface area contributed by atoms with Crippen LogP contribution < -0.4 is 5.32 Å². The Morgan fingerprint density at radius 3 is 2.58 bits per heavy atom. The van der Waals surface area contributed by atoms with Gasteiger partial charge < -0.3 is 9.87 Å². The summed E-state index contributed by atoms with van der Waals surface area (Å²) in [6.45, 7) is 0. The zero-order chi connectivity index (χ0) is 8.27. The summed E-state index contributed by atoms with van der Waals surface area (Å²) in [7, 11) is 1.84. The van der Waals surface area contributed by atoms with E-state index < -0.39 is 11.2 Å². The van der Waals surface area contributed by atoms with Crippen molar-refractivity contribution in [3.8, 4) is 0 Å². The fourth-order valence-corrected chi connectivity index (χ4v) is 1.39. The van der Waals surface area contributed by atoms with Crippen molar-refractivity contribution < 1.29 is 4.55 Å². The van der Waals surface area contributed by atoms with E-state index in [1.807, 2.05) is 31.3 Å². The van der Waals surface area contributed by atoms with Gasteiger partial charge in [-0.1, -0.05) is 6.07 Å². The van der Waals surface area contributed by atoms with Gasteiger partial charge in [-0.05, 0) is 23.3 Å². The van der Waals surface area contributed by atoms with E-state index in [4.69, 9.17) is 0 Å². The monoisotopic (exact) mass is 205 g/mol. The number of benzene rings is 1. The minimum Gasteiger partial charge on any atom is -0.612 e. The van der Waals surface area contributed by atoms with Crippen LogP contribution in [0.5, 0.6) is 0 Å². The van der Waals surface area contributed by atoms with Crippen LogP contribution >= 0.6 is 12.4 Å². The Labute approximate surface area is 82.0 Å². The van der Waals surface area contributed by atoms with Crippen LogP contribution in [0, 0.1) is 0 Å². The summed E-state index contributed by atoms with van der Waals surface area (Å²) in [5, 5.41) is 2.99. The maximum Gasteiger partial charge on any atom is 0.154 e. The van der Waals surface area contributed by atoms with Gasteiger partial charge in [-0.25, -0.2) is 0 Å². The Bertz CT molecular complexity index is 242. The number of nitrogens with one attached hydrogen (secondary N) is 1. The lowest BCUT2D eigenvalue weighted by atomic mass is 10.3. The molecule has 0 aromatic heterocycles. The average molecular weight is 206 g/mol. The quantitative estimate of drug-likeness (QED) is 0.749. The Morgan fingerprint density at radius 1 is 1.42 bits per heavy atom. The second-order valence-electron chi connectivity index (χ2n) is 2.23. The van der Waals surface area contributed by atoms with E-state index in [-0.39, 0.29) is 12.4 Å². The van der Waals surface area contributed by atoms with Crippen molar-refractivity contribution in [3.63, 3.8) is 0 Å². The molecule has 1 N–H and O–H groups in total. The Hall–Kier alpha value is -0.380. The van der Waals surface area contributed by atoms with Gasteiger partial charge in [-0.3, -0.25) is 0 Å². The summed E-state index contributed by atoms with van der Waals surface area (Å²) in [5.74, 6) is 0. The lowest BCUT2D eigenvalue weighted by Gasteiger charge is -2.05. The van der Waals surface area contributed by atoms with Crippen molar-refractivity contribution >= 4 is 29.3 Å². The predicted octanol–water partition coefficient (Wildman–Crippen LogP) is 1.89. The van der Waals surface area contributed by atoms with E-state index in [1.165, 1.54) is 0 Å². The maximum absolute atomic E-state index is 11.0. The smallest absolute Gasteiger partial charge is 0.154 e. The lowest BCUT2D eigenvalue weighted by molar-refractivity contribution is 0.601. The van der Waals surface area contributed by atoms with Crippen LogP contribution in [0.4, 0.5) is 5.69 Å². The molecule has 0 amide bonds. The number of halogens is 1. The van der Waals surface area contributed by atoms with Crippen LogP contribution in [0.15, 0.2) is 29.2 Å². The van der Waals surface area contributed by atoms with E-state index in [0.717, 1.165) is 10.6 Å². The van der Waals surface area contributed by atoms with E-state index in [0.29, 0.717) is 0 Å². The highest BCUT2D eigenvalue weighted by molar-refractivity contribution is 7.90. The molecule has 1 atom stereocenters. The molecule has 0 saturated carbocycles. The molecule has 0 bridgehead atoms. The fraction of sp³-hybridized carbons (Fsp3) is 0.250. The molecule has 1 rings (SSSR count). The van der Waals surface area contributed by atoms with Gasteiger partial charge in [0.05, 0.1) is 0 Å². The molecular weight excluding hydrogens is 194 g/mol. The summed E-state index contributed by atoms with van der Waals surface area (Å²) < 4.78 is 11.0. The van der Waals surface area contributed by atoms with Crippen LogP contribution in [-0.2, 0) is 11.2 Å². The lowest BCUT2D eigenvalue weighted by Crippen LogP contribution is -1.97. The third kappa shape index (κ3) is 2.93. The van der Waals surface area contributed by atoms with Gasteiger partial charge in [0.1, 0.15) is 6.26 Å². The maximum atomic E-state index is 11.0. The summed E-state index contributed by atoms with van der Waals surface area (Å²) in [6, 6.07) is 7.58. The van der Waals surface area contributed by atoms with E-state index >= 15 is 0 Å². The number of hydrogen-bond acceptors (Lipinski definition) is 2. The average Bonchev–Trinajstić information content (AvgIpc) is 2.05. The molecule has 0 fully saturated rings. The zero-order valence-electron chi connectivity index (χ0n) is 7.03. The van der Waals surface area contributed by atoms with E-state index in [2.05, 4.69) is 5.32 Å². The van der Waals surface area contributed by atoms with Crippen LogP contribution in [0.1, 0.15) is 0 Å². The van der Waals surface area contributed by atoms with Crippen molar-refractivity contribution in [2.45, 2.75) is 4.90 Å². The predicted molar refractivity (Wildman–Crippen MR) is 55.6 cm³/mol. The topological polar surface area (TPSA) is 35.1 Å². The van der Waals surface area contributed by atoms with Crippen LogP contribution in [0.3, 0.4) is 0 Å². The molecule has 1 unspecified atom stereocenters. The molecule has 68 valence electrons. The van der Waals surface area contributed by atoms with Gasteiger partial charge in [-0.2, -0.15) is 0 Å². The van der Waals surface area contributed by atoms with Crippen molar-refractivity contribution in [2.75, 3.05) is 18.6 Å². The summed E-state index contributed by atoms with van der Waals surface area (Å²) >= 11 is -0.881. The SMILES string of the molecule is CNc1cccc([S+](C)[O-])c1.Cl. The van der Waals surface area contributed by atoms with E-state index in [9.17, 15) is 4.55 Å². The van der Waals surface area contributed by atoms with Crippen LogP contribution in [0.25, 0.3) is 0 Å². The number of hydrogen-bond donors (Lipinski definition) is 1. The summed E-state index contributed by atoms with van der Waals surface area (Å²) in [4.78, 5) is 0.858. The number of rotatable bonds is 2. The highest BCUT2D eigenvalue weighted by atomic mass is 35.5. The van der Waals surface area contributed by atoms with E-state index in [1.54, 1.807) is 6.26 Å². The summed E-state index contributed by atoms with van der Waals surface area (Å²) in [5.41, 5.74) is 0.998. The van der Waals surface area contributed by atoms with Gasteiger partial charge in [-0.15, -0.1) is 12.4 Å². The molecule has 0 spiro atoms. The number of anilines is 1. The Morgan fingerprint density at radius 2 is 2.08 bits per heavy atom. The van der Waals surface area contributed by atoms with Gasteiger partial charge in [0, 0.05) is 18.8 Å². The van der Waals surface area contributed by atoms with Crippen LogP contribution in [0.2, 0.25) is 0 Å². The van der Waals surface area contributed by atoms with Gasteiger partial charge in [0.2, 0.25) is 0 Å². The molecule has 0 radical (unpaired) electrons. The molecule has 12 heavy (non-hydrogen) atoms. The normalized spacial score (nSPS) is 11.6. The Balaban J connectivity index is 0.00000121. The third-order valence-corrected chi connectivity index (χ3v) is 2.37. The second kappa shape index (κ2) is 5.30. The van der Waals surface area contributed by atoms with Crippen LogP contribution in [-0.4, -0.2) is 17.9 Å². The molecule has 1 aromatic rings. The molecule has 0 aliphatic heterocycles.